The molecule has 0 radical (unpaired) electrons. The van der Waals surface area contributed by atoms with Gasteiger partial charge in [-0.15, -0.1) is 0 Å². The molecule has 4 heterocycles. The first kappa shape index (κ1) is 32.3. The van der Waals surface area contributed by atoms with E-state index in [9.17, 15) is 19.2 Å². The Labute approximate surface area is 285 Å². The molecule has 3 atom stereocenters. The van der Waals surface area contributed by atoms with Crippen molar-refractivity contribution in [2.45, 2.75) is 103 Å². The molecule has 48 heavy (non-hydrogen) atoms. The summed E-state index contributed by atoms with van der Waals surface area (Å²) in [7, 11) is 0. The highest BCUT2D eigenvalue weighted by atomic mass is 35.5. The van der Waals surface area contributed by atoms with Gasteiger partial charge in [0.15, 0.2) is 11.6 Å². The molecular weight excluding hydrogens is 626 g/mol. The van der Waals surface area contributed by atoms with Crippen LogP contribution in [0.3, 0.4) is 0 Å². The van der Waals surface area contributed by atoms with E-state index in [0.717, 1.165) is 66.3 Å². The lowest BCUT2D eigenvalue weighted by molar-refractivity contribution is -0.139. The average Bonchev–Trinajstić information content (AvgIpc) is 3.47. The van der Waals surface area contributed by atoms with Gasteiger partial charge in [-0.2, -0.15) is 5.10 Å². The van der Waals surface area contributed by atoms with Gasteiger partial charge in [0, 0.05) is 60.6 Å². The standard InChI is InChI=1S/C38H40ClN5O4/c1-23(45)36-31-17-27(28-20-40-24(2)41-21-28)16-26-7-5-3-4-6-8-30(46)13-14-38-18-32(33(47)15-25-9-11-29(39)12-10-25)44(34(38)19-38)35(48)22-43(42-36)37(26)31/h9-12,16-17,20-21,32,34H,3-8,13-15,18-19,22H2,1-2H3/t32-,34+,38-/m0/s1. The number of amides is 1. The lowest BCUT2D eigenvalue weighted by atomic mass is 9.89. The molecular formula is C38H40ClN5O4. The molecule has 10 heteroatoms. The Balaban J connectivity index is 1.28. The van der Waals surface area contributed by atoms with Crippen molar-refractivity contribution >= 4 is 45.8 Å². The number of Topliss-reactive ketones (excluding diaryl/α,β-unsaturated/α-hetero) is 3. The molecule has 1 amide bonds. The van der Waals surface area contributed by atoms with Gasteiger partial charge in [-0.05, 0) is 91.8 Å². The Morgan fingerprint density at radius 2 is 1.67 bits per heavy atom. The highest BCUT2D eigenvalue weighted by Crippen LogP contribution is 2.62. The maximum Gasteiger partial charge on any atom is 0.245 e. The van der Waals surface area contributed by atoms with Crippen LogP contribution in [0.5, 0.6) is 0 Å². The number of halogens is 1. The molecule has 1 saturated heterocycles. The minimum absolute atomic E-state index is 0.0154. The van der Waals surface area contributed by atoms with Crippen molar-refractivity contribution in [3.05, 3.63) is 76.5 Å². The monoisotopic (exact) mass is 665 g/mol. The normalized spacial score (nSPS) is 23.2. The van der Waals surface area contributed by atoms with Crippen LogP contribution in [0.2, 0.25) is 5.02 Å². The van der Waals surface area contributed by atoms with Crippen molar-refractivity contribution in [3.8, 4) is 11.1 Å². The van der Waals surface area contributed by atoms with Crippen LogP contribution in [0.1, 0.15) is 92.2 Å². The lowest BCUT2D eigenvalue weighted by Gasteiger charge is -2.27. The van der Waals surface area contributed by atoms with Crippen LogP contribution < -0.4 is 0 Å². The maximum absolute atomic E-state index is 14.4. The first-order valence-corrected chi connectivity index (χ1v) is 17.4. The van der Waals surface area contributed by atoms with Gasteiger partial charge in [0.1, 0.15) is 23.8 Å². The lowest BCUT2D eigenvalue weighted by Crippen LogP contribution is -2.45. The number of hydrogen-bond donors (Lipinski definition) is 0. The fourth-order valence-electron chi connectivity index (χ4n) is 7.94. The Kier molecular flexibility index (Phi) is 8.75. The number of carbonyl (C=O) groups excluding carboxylic acids is 4. The highest BCUT2D eigenvalue weighted by Gasteiger charge is 2.66. The molecule has 7 rings (SSSR count). The van der Waals surface area contributed by atoms with Gasteiger partial charge in [0.25, 0.3) is 0 Å². The van der Waals surface area contributed by atoms with E-state index < -0.39 is 6.04 Å². The van der Waals surface area contributed by atoms with E-state index in [-0.39, 0.29) is 47.7 Å². The third kappa shape index (κ3) is 6.32. The van der Waals surface area contributed by atoms with E-state index in [1.54, 1.807) is 34.1 Å². The van der Waals surface area contributed by atoms with Crippen molar-refractivity contribution in [2.24, 2.45) is 5.41 Å². The second kappa shape index (κ2) is 13.0. The van der Waals surface area contributed by atoms with Gasteiger partial charge in [0.2, 0.25) is 5.91 Å². The summed E-state index contributed by atoms with van der Waals surface area (Å²) in [6.07, 6.45) is 11.2. The molecule has 1 aliphatic carbocycles. The van der Waals surface area contributed by atoms with E-state index in [4.69, 9.17) is 16.7 Å². The molecule has 2 aromatic heterocycles. The summed E-state index contributed by atoms with van der Waals surface area (Å²) in [4.78, 5) is 64.8. The van der Waals surface area contributed by atoms with Gasteiger partial charge in [-0.1, -0.05) is 36.6 Å². The minimum atomic E-state index is -0.581. The zero-order chi connectivity index (χ0) is 33.6. The van der Waals surface area contributed by atoms with Crippen LogP contribution in [0, 0.1) is 12.3 Å². The van der Waals surface area contributed by atoms with Gasteiger partial charge < -0.3 is 4.90 Å². The topological polar surface area (TPSA) is 115 Å². The number of hydrogen-bond acceptors (Lipinski definition) is 7. The van der Waals surface area contributed by atoms with E-state index in [2.05, 4.69) is 16.0 Å². The number of aromatic nitrogens is 4. The SMILES string of the molecule is CC(=O)c1nn2c3c(cc(-c4cnc(C)nc4)cc13)CCCCCCC(=O)CC[C@@]13C[C@@H](C(=O)Cc4ccc(Cl)cc4)N(C(=O)C2)[C@@H]1C3. The summed E-state index contributed by atoms with van der Waals surface area (Å²) in [6.45, 7) is 3.25. The smallest absolute Gasteiger partial charge is 0.245 e. The zero-order valence-electron chi connectivity index (χ0n) is 27.5. The first-order valence-electron chi connectivity index (χ1n) is 17.1. The van der Waals surface area contributed by atoms with Crippen LogP contribution >= 0.6 is 11.6 Å². The van der Waals surface area contributed by atoms with E-state index in [1.165, 1.54) is 6.92 Å². The van der Waals surface area contributed by atoms with Gasteiger partial charge >= 0.3 is 0 Å². The van der Waals surface area contributed by atoms with Crippen molar-refractivity contribution < 1.29 is 19.2 Å². The zero-order valence-corrected chi connectivity index (χ0v) is 28.3. The molecule has 1 saturated carbocycles. The van der Waals surface area contributed by atoms with Crippen molar-refractivity contribution in [1.82, 2.24) is 24.6 Å². The second-order valence-electron chi connectivity index (χ2n) is 13.9. The Morgan fingerprint density at radius 3 is 2.40 bits per heavy atom. The summed E-state index contributed by atoms with van der Waals surface area (Å²) in [6, 6.07) is 10.6. The number of nitrogens with zero attached hydrogens (tertiary/aromatic N) is 5. The quantitative estimate of drug-likeness (QED) is 0.218. The van der Waals surface area contributed by atoms with Crippen LogP contribution in [0.25, 0.3) is 22.0 Å². The highest BCUT2D eigenvalue weighted by molar-refractivity contribution is 6.30. The predicted octanol–water partition coefficient (Wildman–Crippen LogP) is 6.69. The predicted molar refractivity (Wildman–Crippen MR) is 183 cm³/mol. The molecule has 248 valence electrons. The van der Waals surface area contributed by atoms with Crippen molar-refractivity contribution in [3.63, 3.8) is 0 Å². The first-order chi connectivity index (χ1) is 23.1. The molecule has 2 fully saturated rings. The van der Waals surface area contributed by atoms with E-state index in [0.29, 0.717) is 47.6 Å². The summed E-state index contributed by atoms with van der Waals surface area (Å²) in [5.74, 6) is 0.550. The molecule has 3 aliphatic rings. The van der Waals surface area contributed by atoms with Crippen LogP contribution in [-0.4, -0.2) is 60.0 Å². The molecule has 4 aromatic rings. The summed E-state index contributed by atoms with van der Waals surface area (Å²) in [5.41, 5.74) is 4.44. The summed E-state index contributed by atoms with van der Waals surface area (Å²) >= 11 is 6.09. The number of rotatable bonds is 5. The van der Waals surface area contributed by atoms with Gasteiger partial charge in [-0.25, -0.2) is 9.97 Å². The fourth-order valence-corrected chi connectivity index (χ4v) is 8.07. The van der Waals surface area contributed by atoms with Crippen molar-refractivity contribution in [1.29, 1.82) is 0 Å². The summed E-state index contributed by atoms with van der Waals surface area (Å²) < 4.78 is 1.68. The molecule has 2 aliphatic heterocycles. The van der Waals surface area contributed by atoms with Crippen LogP contribution in [0.4, 0.5) is 0 Å². The third-order valence-corrected chi connectivity index (χ3v) is 10.8. The minimum Gasteiger partial charge on any atom is -0.327 e. The summed E-state index contributed by atoms with van der Waals surface area (Å²) in [5, 5.41) is 6.06. The van der Waals surface area contributed by atoms with Gasteiger partial charge in [0.05, 0.1) is 11.6 Å². The van der Waals surface area contributed by atoms with E-state index >= 15 is 0 Å². The van der Waals surface area contributed by atoms with Crippen molar-refractivity contribution in [2.75, 3.05) is 0 Å². The third-order valence-electron chi connectivity index (χ3n) is 10.6. The Morgan fingerprint density at radius 1 is 0.938 bits per heavy atom. The maximum atomic E-state index is 14.4. The number of piperidine rings is 1. The average molecular weight is 666 g/mol. The van der Waals surface area contributed by atoms with E-state index in [1.807, 2.05) is 25.1 Å². The Hall–Kier alpha value is -4.24. The molecule has 0 spiro atoms. The molecule has 2 bridgehead atoms. The number of carbonyl (C=O) groups is 4. The molecule has 0 N–H and O–H groups in total. The second-order valence-corrected chi connectivity index (χ2v) is 14.4. The molecule has 2 aromatic carbocycles. The number of ketones is 3. The van der Waals surface area contributed by atoms with Crippen LogP contribution in [0.15, 0.2) is 48.8 Å². The number of aryl methyl sites for hydroxylation is 2. The number of benzene rings is 2. The van der Waals surface area contributed by atoms with Crippen LogP contribution in [-0.2, 0) is 33.8 Å². The largest absolute Gasteiger partial charge is 0.327 e. The fraction of sp³-hybridized carbons (Fsp3) is 0.447. The Bertz CT molecular complexity index is 1920. The van der Waals surface area contributed by atoms with Gasteiger partial charge in [-0.3, -0.25) is 23.9 Å². The molecule has 9 nitrogen and oxygen atoms in total. The molecule has 0 unspecified atom stereocenters.